The summed E-state index contributed by atoms with van der Waals surface area (Å²) in [6.45, 7) is 2.68. The second-order valence-corrected chi connectivity index (χ2v) is 7.26. The van der Waals surface area contributed by atoms with Gasteiger partial charge in [0.1, 0.15) is 5.75 Å². The van der Waals surface area contributed by atoms with E-state index in [1.54, 1.807) is 18.3 Å². The number of aliphatic hydroxyl groups is 2. The van der Waals surface area contributed by atoms with E-state index in [9.17, 15) is 15.3 Å². The van der Waals surface area contributed by atoms with Crippen molar-refractivity contribution in [3.63, 3.8) is 0 Å². The molecule has 2 aromatic rings. The van der Waals surface area contributed by atoms with Crippen LogP contribution in [0.3, 0.4) is 0 Å². The van der Waals surface area contributed by atoms with Crippen molar-refractivity contribution in [1.29, 1.82) is 0 Å². The van der Waals surface area contributed by atoms with E-state index in [1.807, 2.05) is 12.3 Å². The van der Waals surface area contributed by atoms with Crippen LogP contribution in [0.15, 0.2) is 42.7 Å². The van der Waals surface area contributed by atoms with Crippen molar-refractivity contribution in [2.75, 3.05) is 26.3 Å². The fourth-order valence-corrected chi connectivity index (χ4v) is 3.13. The average Bonchev–Trinajstić information content (AvgIpc) is 2.75. The van der Waals surface area contributed by atoms with Crippen LogP contribution in [0.2, 0.25) is 0 Å². The lowest BCUT2D eigenvalue weighted by Crippen LogP contribution is -2.22. The summed E-state index contributed by atoms with van der Waals surface area (Å²) >= 11 is 0. The molecule has 1 aromatic carbocycles. The molecule has 0 radical (unpaired) electrons. The molecule has 0 fully saturated rings. The molecule has 0 bridgehead atoms. The molecule has 6 heteroatoms. The predicted molar refractivity (Wildman–Crippen MR) is 114 cm³/mol. The number of unbranched alkanes of at least 4 members (excludes halogenated alkanes) is 3. The lowest BCUT2D eigenvalue weighted by molar-refractivity contribution is 0.127. The maximum Gasteiger partial charge on any atom is 0.121 e. The molecule has 1 heterocycles. The number of nitrogens with zero attached hydrogens (tertiary/aromatic N) is 1. The second-order valence-electron chi connectivity index (χ2n) is 7.26. The van der Waals surface area contributed by atoms with Crippen LogP contribution in [0, 0.1) is 0 Å². The van der Waals surface area contributed by atoms with Gasteiger partial charge in [0.25, 0.3) is 0 Å². The van der Waals surface area contributed by atoms with E-state index in [2.05, 4.69) is 16.4 Å². The van der Waals surface area contributed by atoms with E-state index < -0.39 is 6.10 Å². The van der Waals surface area contributed by atoms with E-state index >= 15 is 0 Å². The standard InChI is InChI=1S/C23H34N2O4/c26-18-21-15-20(9-10-22(21)27)23(28)17-25-11-3-1-2-4-13-29-14-6-8-19-7-5-12-24-16-19/h5,7,9-10,12,15-16,23,25-28H,1-4,6,8,11,13-14,17-18H2. The Balaban J connectivity index is 1.41. The van der Waals surface area contributed by atoms with Crippen LogP contribution < -0.4 is 5.32 Å². The van der Waals surface area contributed by atoms with Gasteiger partial charge in [-0.05, 0) is 61.6 Å². The average molecular weight is 403 g/mol. The number of aromatic nitrogens is 1. The van der Waals surface area contributed by atoms with E-state index in [4.69, 9.17) is 4.74 Å². The maximum atomic E-state index is 10.2. The number of hydrogen-bond donors (Lipinski definition) is 4. The van der Waals surface area contributed by atoms with Crippen LogP contribution in [0.25, 0.3) is 0 Å². The first kappa shape index (κ1) is 23.3. The molecule has 1 atom stereocenters. The van der Waals surface area contributed by atoms with Gasteiger partial charge in [-0.25, -0.2) is 0 Å². The number of rotatable bonds is 15. The molecule has 29 heavy (non-hydrogen) atoms. The highest BCUT2D eigenvalue weighted by Gasteiger charge is 2.09. The summed E-state index contributed by atoms with van der Waals surface area (Å²) in [6.07, 6.45) is 9.50. The lowest BCUT2D eigenvalue weighted by Gasteiger charge is -2.14. The van der Waals surface area contributed by atoms with E-state index in [1.165, 1.54) is 11.6 Å². The van der Waals surface area contributed by atoms with Crippen LogP contribution in [-0.4, -0.2) is 46.6 Å². The highest BCUT2D eigenvalue weighted by atomic mass is 16.5. The molecule has 0 saturated heterocycles. The Bertz CT molecular complexity index is 682. The maximum absolute atomic E-state index is 10.2. The SMILES string of the molecule is OCc1cc(C(O)CNCCCCCCOCCCc2cccnc2)ccc1O. The summed E-state index contributed by atoms with van der Waals surface area (Å²) < 4.78 is 5.69. The molecule has 0 saturated carbocycles. The van der Waals surface area contributed by atoms with Crippen molar-refractivity contribution in [3.05, 3.63) is 59.4 Å². The quantitative estimate of drug-likeness (QED) is 0.342. The molecular formula is C23H34N2O4. The van der Waals surface area contributed by atoms with Crippen LogP contribution in [0.4, 0.5) is 0 Å². The fourth-order valence-electron chi connectivity index (χ4n) is 3.13. The smallest absolute Gasteiger partial charge is 0.121 e. The number of aliphatic hydroxyl groups excluding tert-OH is 2. The molecule has 0 aliphatic rings. The van der Waals surface area contributed by atoms with Gasteiger partial charge in [0.15, 0.2) is 0 Å². The molecule has 0 spiro atoms. The monoisotopic (exact) mass is 402 g/mol. The number of pyridine rings is 1. The topological polar surface area (TPSA) is 94.8 Å². The summed E-state index contributed by atoms with van der Waals surface area (Å²) in [6, 6.07) is 8.88. The zero-order chi connectivity index (χ0) is 20.7. The molecule has 4 N–H and O–H groups in total. The molecule has 0 amide bonds. The minimum Gasteiger partial charge on any atom is -0.508 e. The van der Waals surface area contributed by atoms with Gasteiger partial charge in [0.05, 0.1) is 12.7 Å². The summed E-state index contributed by atoms with van der Waals surface area (Å²) in [5.41, 5.74) is 2.38. The Hall–Kier alpha value is -1.99. The summed E-state index contributed by atoms with van der Waals surface area (Å²) in [7, 11) is 0. The first-order chi connectivity index (χ1) is 14.2. The number of phenols is 1. The van der Waals surface area contributed by atoms with Gasteiger partial charge in [0, 0.05) is 37.7 Å². The number of ether oxygens (including phenoxy) is 1. The van der Waals surface area contributed by atoms with Crippen molar-refractivity contribution in [2.45, 2.75) is 51.2 Å². The summed E-state index contributed by atoms with van der Waals surface area (Å²) in [5.74, 6) is 0.0499. The minimum atomic E-state index is -0.652. The van der Waals surface area contributed by atoms with E-state index in [0.29, 0.717) is 17.7 Å². The van der Waals surface area contributed by atoms with Gasteiger partial charge < -0.3 is 25.4 Å². The zero-order valence-corrected chi connectivity index (χ0v) is 17.1. The first-order valence-electron chi connectivity index (χ1n) is 10.5. The van der Waals surface area contributed by atoms with Gasteiger partial charge in [-0.3, -0.25) is 4.98 Å². The zero-order valence-electron chi connectivity index (χ0n) is 17.1. The molecule has 0 aliphatic carbocycles. The summed E-state index contributed by atoms with van der Waals surface area (Å²) in [4.78, 5) is 4.11. The fraction of sp³-hybridized carbons (Fsp3) is 0.522. The van der Waals surface area contributed by atoms with Crippen molar-refractivity contribution in [3.8, 4) is 5.75 Å². The Morgan fingerprint density at radius 2 is 1.86 bits per heavy atom. The third-order valence-corrected chi connectivity index (χ3v) is 4.87. The van der Waals surface area contributed by atoms with Crippen LogP contribution in [-0.2, 0) is 17.8 Å². The molecule has 1 aromatic heterocycles. The number of aromatic hydroxyl groups is 1. The van der Waals surface area contributed by atoms with Gasteiger partial charge >= 0.3 is 0 Å². The third kappa shape index (κ3) is 9.37. The van der Waals surface area contributed by atoms with Gasteiger partial charge in [-0.2, -0.15) is 0 Å². The highest BCUT2D eigenvalue weighted by Crippen LogP contribution is 2.22. The minimum absolute atomic E-state index is 0.0499. The number of benzene rings is 1. The number of aryl methyl sites for hydroxylation is 1. The predicted octanol–water partition coefficient (Wildman–Crippen LogP) is 3.11. The van der Waals surface area contributed by atoms with Gasteiger partial charge in [-0.15, -0.1) is 0 Å². The van der Waals surface area contributed by atoms with Crippen LogP contribution in [0.5, 0.6) is 5.75 Å². The Morgan fingerprint density at radius 1 is 1.03 bits per heavy atom. The Kier molecular flexibility index (Phi) is 11.3. The van der Waals surface area contributed by atoms with Gasteiger partial charge in [0.2, 0.25) is 0 Å². The van der Waals surface area contributed by atoms with Crippen molar-refractivity contribution < 1.29 is 20.1 Å². The van der Waals surface area contributed by atoms with E-state index in [0.717, 1.165) is 58.3 Å². The van der Waals surface area contributed by atoms with Gasteiger partial charge in [-0.1, -0.05) is 25.0 Å². The molecule has 1 unspecified atom stereocenters. The molecule has 6 nitrogen and oxygen atoms in total. The molecule has 2 rings (SSSR count). The Labute approximate surface area is 173 Å². The van der Waals surface area contributed by atoms with E-state index in [-0.39, 0.29) is 12.4 Å². The normalized spacial score (nSPS) is 12.2. The van der Waals surface area contributed by atoms with Crippen molar-refractivity contribution in [1.82, 2.24) is 10.3 Å². The number of hydrogen-bond acceptors (Lipinski definition) is 6. The number of nitrogens with one attached hydrogen (secondary N) is 1. The largest absolute Gasteiger partial charge is 0.508 e. The molecular weight excluding hydrogens is 368 g/mol. The third-order valence-electron chi connectivity index (χ3n) is 4.87. The lowest BCUT2D eigenvalue weighted by atomic mass is 10.1. The van der Waals surface area contributed by atoms with Crippen molar-refractivity contribution >= 4 is 0 Å². The van der Waals surface area contributed by atoms with Crippen LogP contribution in [0.1, 0.15) is 54.9 Å². The molecule has 160 valence electrons. The van der Waals surface area contributed by atoms with Crippen molar-refractivity contribution in [2.24, 2.45) is 0 Å². The first-order valence-corrected chi connectivity index (χ1v) is 10.5. The highest BCUT2D eigenvalue weighted by molar-refractivity contribution is 5.36. The van der Waals surface area contributed by atoms with Crippen LogP contribution >= 0.6 is 0 Å². The summed E-state index contributed by atoms with van der Waals surface area (Å²) in [5, 5.41) is 32.2. The Morgan fingerprint density at radius 3 is 2.66 bits per heavy atom. The second kappa shape index (κ2) is 14.1. The molecule has 0 aliphatic heterocycles.